The molecule has 0 spiro atoms. The van der Waals surface area contributed by atoms with E-state index in [0.717, 1.165) is 22.4 Å². The van der Waals surface area contributed by atoms with Crippen molar-refractivity contribution < 1.29 is 4.79 Å². The Bertz CT molecular complexity index is 764. The molecule has 2 aromatic carbocycles. The zero-order valence-electron chi connectivity index (χ0n) is 11.3. The highest BCUT2D eigenvalue weighted by Crippen LogP contribution is 2.24. The molecule has 2 aromatic rings. The number of amides is 1. The van der Waals surface area contributed by atoms with Crippen molar-refractivity contribution in [1.29, 1.82) is 0 Å². The van der Waals surface area contributed by atoms with Gasteiger partial charge in [-0.2, -0.15) is 5.10 Å². The molecule has 0 bridgehead atoms. The van der Waals surface area contributed by atoms with Crippen molar-refractivity contribution in [3.8, 4) is 0 Å². The topological polar surface area (TPSA) is 53.8 Å². The summed E-state index contributed by atoms with van der Waals surface area (Å²) in [5, 5.41) is 11.5. The van der Waals surface area contributed by atoms with Crippen molar-refractivity contribution in [2.75, 3.05) is 5.32 Å². The van der Waals surface area contributed by atoms with Crippen LogP contribution in [-0.2, 0) is 4.79 Å². The van der Waals surface area contributed by atoms with E-state index in [0.29, 0.717) is 10.7 Å². The zero-order valence-corrected chi connectivity index (χ0v) is 12.1. The van der Waals surface area contributed by atoms with Crippen molar-refractivity contribution in [3.05, 3.63) is 64.2 Å². The standard InChI is InChI=1S/C16H12ClN3O/c1-10-2-7-14-13(8-10)15(16(21)19-14)20-18-9-11-3-5-12(17)6-4-11/h2-9H,1H3,(H,19,20,21). The predicted molar refractivity (Wildman–Crippen MR) is 85.4 cm³/mol. The van der Waals surface area contributed by atoms with Crippen LogP contribution in [0.25, 0.3) is 0 Å². The average molecular weight is 298 g/mol. The molecule has 104 valence electrons. The maximum atomic E-state index is 11.9. The van der Waals surface area contributed by atoms with E-state index in [9.17, 15) is 4.79 Å². The lowest BCUT2D eigenvalue weighted by molar-refractivity contribution is -0.110. The Morgan fingerprint density at radius 1 is 1.14 bits per heavy atom. The minimum absolute atomic E-state index is 0.233. The third-order valence-electron chi connectivity index (χ3n) is 3.13. The maximum absolute atomic E-state index is 11.9. The summed E-state index contributed by atoms with van der Waals surface area (Å²) in [6.45, 7) is 1.97. The first-order valence-corrected chi connectivity index (χ1v) is 6.80. The summed E-state index contributed by atoms with van der Waals surface area (Å²) in [7, 11) is 0. The van der Waals surface area contributed by atoms with Crippen LogP contribution in [0, 0.1) is 6.92 Å². The van der Waals surface area contributed by atoms with Crippen molar-refractivity contribution in [2.24, 2.45) is 10.2 Å². The van der Waals surface area contributed by atoms with Crippen LogP contribution in [-0.4, -0.2) is 17.8 Å². The van der Waals surface area contributed by atoms with Crippen molar-refractivity contribution in [3.63, 3.8) is 0 Å². The molecule has 5 heteroatoms. The summed E-state index contributed by atoms with van der Waals surface area (Å²) in [6, 6.07) is 12.9. The number of benzene rings is 2. The van der Waals surface area contributed by atoms with Crippen LogP contribution in [0.4, 0.5) is 5.69 Å². The number of nitrogens with zero attached hydrogens (tertiary/aromatic N) is 2. The van der Waals surface area contributed by atoms with Gasteiger partial charge >= 0.3 is 0 Å². The molecule has 0 aromatic heterocycles. The Balaban J connectivity index is 1.88. The number of halogens is 1. The predicted octanol–water partition coefficient (Wildman–Crippen LogP) is 3.42. The Labute approximate surface area is 127 Å². The van der Waals surface area contributed by atoms with Crippen molar-refractivity contribution >= 4 is 35.1 Å². The van der Waals surface area contributed by atoms with Gasteiger partial charge in [0.25, 0.3) is 5.91 Å². The highest BCUT2D eigenvalue weighted by molar-refractivity contribution is 6.53. The number of nitrogens with one attached hydrogen (secondary N) is 1. The quantitative estimate of drug-likeness (QED) is 0.670. The molecule has 1 amide bonds. The number of anilines is 1. The first-order chi connectivity index (χ1) is 10.1. The van der Waals surface area contributed by atoms with Gasteiger partial charge in [-0.15, -0.1) is 5.10 Å². The SMILES string of the molecule is Cc1ccc2c(c1)/C(=N\N=Cc1ccc(Cl)cc1)C(=O)N2. The van der Waals surface area contributed by atoms with Gasteiger partial charge in [-0.1, -0.05) is 35.4 Å². The van der Waals surface area contributed by atoms with Gasteiger partial charge in [-0.05, 0) is 36.8 Å². The smallest absolute Gasteiger partial charge is 0.276 e. The molecule has 0 aliphatic carbocycles. The van der Waals surface area contributed by atoms with Gasteiger partial charge < -0.3 is 5.32 Å². The number of aryl methyl sites for hydroxylation is 1. The summed E-state index contributed by atoms with van der Waals surface area (Å²) < 4.78 is 0. The molecule has 1 aliphatic heterocycles. The van der Waals surface area contributed by atoms with Crippen LogP contribution < -0.4 is 5.32 Å². The molecule has 0 atom stereocenters. The van der Waals surface area contributed by atoms with E-state index in [1.54, 1.807) is 18.3 Å². The average Bonchev–Trinajstić information content (AvgIpc) is 2.77. The second kappa shape index (κ2) is 5.50. The number of carbonyl (C=O) groups excluding carboxylic acids is 1. The molecule has 1 N–H and O–H groups in total. The fourth-order valence-corrected chi connectivity index (χ4v) is 2.19. The molecule has 3 rings (SSSR count). The molecular weight excluding hydrogens is 286 g/mol. The van der Waals surface area contributed by atoms with Gasteiger partial charge in [-0.3, -0.25) is 4.79 Å². The maximum Gasteiger partial charge on any atom is 0.276 e. The highest BCUT2D eigenvalue weighted by Gasteiger charge is 2.25. The molecular formula is C16H12ClN3O. The van der Waals surface area contributed by atoms with E-state index < -0.39 is 0 Å². The number of carbonyl (C=O) groups is 1. The lowest BCUT2D eigenvalue weighted by Crippen LogP contribution is -2.13. The molecule has 1 aliphatic rings. The summed E-state index contributed by atoms with van der Waals surface area (Å²) in [5.41, 5.74) is 3.82. The van der Waals surface area contributed by atoms with Crippen LogP contribution in [0.1, 0.15) is 16.7 Å². The molecule has 0 saturated carbocycles. The summed E-state index contributed by atoms with van der Waals surface area (Å²) in [5.74, 6) is -0.233. The number of rotatable bonds is 2. The Kier molecular flexibility index (Phi) is 3.54. The minimum atomic E-state index is -0.233. The lowest BCUT2D eigenvalue weighted by Gasteiger charge is -1.97. The van der Waals surface area contributed by atoms with Crippen molar-refractivity contribution in [2.45, 2.75) is 6.92 Å². The van der Waals surface area contributed by atoms with E-state index in [2.05, 4.69) is 15.5 Å². The zero-order chi connectivity index (χ0) is 14.8. The summed E-state index contributed by atoms with van der Waals surface area (Å²) in [4.78, 5) is 11.9. The fourth-order valence-electron chi connectivity index (χ4n) is 2.07. The molecule has 0 radical (unpaired) electrons. The van der Waals surface area contributed by atoms with E-state index in [-0.39, 0.29) is 5.91 Å². The van der Waals surface area contributed by atoms with E-state index in [1.165, 1.54) is 0 Å². The number of hydrogen-bond donors (Lipinski definition) is 1. The Morgan fingerprint density at radius 2 is 1.90 bits per heavy atom. The van der Waals surface area contributed by atoms with E-state index in [1.807, 2.05) is 37.3 Å². The lowest BCUT2D eigenvalue weighted by atomic mass is 10.1. The van der Waals surface area contributed by atoms with Gasteiger partial charge in [-0.25, -0.2) is 0 Å². The normalized spacial score (nSPS) is 15.5. The molecule has 4 nitrogen and oxygen atoms in total. The Morgan fingerprint density at radius 3 is 2.67 bits per heavy atom. The second-order valence-electron chi connectivity index (χ2n) is 4.75. The van der Waals surface area contributed by atoms with Gasteiger partial charge in [0.1, 0.15) is 0 Å². The van der Waals surface area contributed by atoms with Gasteiger partial charge in [0.2, 0.25) is 0 Å². The largest absolute Gasteiger partial charge is 0.320 e. The first-order valence-electron chi connectivity index (χ1n) is 6.42. The van der Waals surface area contributed by atoms with Gasteiger partial charge in [0, 0.05) is 10.6 Å². The third kappa shape index (κ3) is 2.85. The van der Waals surface area contributed by atoms with E-state index >= 15 is 0 Å². The van der Waals surface area contributed by atoms with Gasteiger partial charge in [0.15, 0.2) is 5.71 Å². The fraction of sp³-hybridized carbons (Fsp3) is 0.0625. The summed E-state index contributed by atoms with van der Waals surface area (Å²) in [6.07, 6.45) is 1.59. The third-order valence-corrected chi connectivity index (χ3v) is 3.38. The Hall–Kier alpha value is -2.46. The number of hydrogen-bond acceptors (Lipinski definition) is 3. The molecule has 0 fully saturated rings. The van der Waals surface area contributed by atoms with Crippen LogP contribution >= 0.6 is 11.6 Å². The van der Waals surface area contributed by atoms with E-state index in [4.69, 9.17) is 11.6 Å². The minimum Gasteiger partial charge on any atom is -0.320 e. The van der Waals surface area contributed by atoms with Gasteiger partial charge in [0.05, 0.1) is 11.9 Å². The van der Waals surface area contributed by atoms with Crippen LogP contribution in [0.2, 0.25) is 5.02 Å². The van der Waals surface area contributed by atoms with Crippen molar-refractivity contribution in [1.82, 2.24) is 0 Å². The van der Waals surface area contributed by atoms with Crippen LogP contribution in [0.5, 0.6) is 0 Å². The second-order valence-corrected chi connectivity index (χ2v) is 5.18. The highest BCUT2D eigenvalue weighted by atomic mass is 35.5. The molecule has 21 heavy (non-hydrogen) atoms. The summed E-state index contributed by atoms with van der Waals surface area (Å²) >= 11 is 5.81. The molecule has 0 unspecified atom stereocenters. The molecule has 1 heterocycles. The number of fused-ring (bicyclic) bond motifs is 1. The van der Waals surface area contributed by atoms with Crippen LogP contribution in [0.15, 0.2) is 52.7 Å². The first kappa shape index (κ1) is 13.5. The monoisotopic (exact) mass is 297 g/mol. The molecule has 0 saturated heterocycles. The van der Waals surface area contributed by atoms with Crippen LogP contribution in [0.3, 0.4) is 0 Å².